The zero-order chi connectivity index (χ0) is 8.97. The van der Waals surface area contributed by atoms with Crippen LogP contribution in [0.25, 0.3) is 0 Å². The minimum atomic E-state index is 0. The molecule has 0 amide bonds. The van der Waals surface area contributed by atoms with Crippen molar-refractivity contribution in [2.24, 2.45) is 11.5 Å². The van der Waals surface area contributed by atoms with Crippen molar-refractivity contribution in [3.8, 4) is 0 Å². The van der Waals surface area contributed by atoms with Gasteiger partial charge < -0.3 is 11.5 Å². The lowest BCUT2D eigenvalue weighted by molar-refractivity contribution is 0.672. The fourth-order valence-electron chi connectivity index (χ4n) is 1.11. The maximum atomic E-state index is 5.90. The Morgan fingerprint density at radius 2 is 2.15 bits per heavy atom. The van der Waals surface area contributed by atoms with Gasteiger partial charge in [-0.1, -0.05) is 6.92 Å². The summed E-state index contributed by atoms with van der Waals surface area (Å²) in [5, 5.41) is 0. The minimum Gasteiger partial charge on any atom is -0.330 e. The van der Waals surface area contributed by atoms with Crippen LogP contribution in [-0.2, 0) is 6.42 Å². The highest BCUT2D eigenvalue weighted by Gasteiger charge is 2.06. The van der Waals surface area contributed by atoms with E-state index < -0.39 is 0 Å². The summed E-state index contributed by atoms with van der Waals surface area (Å²) in [5.74, 6) is 0. The molecule has 0 aliphatic rings. The number of nitrogens with two attached hydrogens (primary N) is 2. The van der Waals surface area contributed by atoms with Crippen LogP contribution in [-0.4, -0.2) is 6.54 Å². The van der Waals surface area contributed by atoms with Gasteiger partial charge in [-0.15, -0.1) is 23.7 Å². The first-order valence-corrected chi connectivity index (χ1v) is 5.13. The molecule has 0 aliphatic carbocycles. The Labute approximate surface area is 89.7 Å². The molecule has 13 heavy (non-hydrogen) atoms. The average Bonchev–Trinajstić information content (AvgIpc) is 2.52. The lowest BCUT2D eigenvalue weighted by Crippen LogP contribution is -2.13. The largest absolute Gasteiger partial charge is 0.330 e. The van der Waals surface area contributed by atoms with Crippen LogP contribution in [0.15, 0.2) is 12.1 Å². The Hall–Kier alpha value is -0.0900. The fourth-order valence-corrected chi connectivity index (χ4v) is 2.09. The summed E-state index contributed by atoms with van der Waals surface area (Å²) < 4.78 is 0. The number of rotatable bonds is 4. The van der Waals surface area contributed by atoms with Crippen LogP contribution in [0.4, 0.5) is 0 Å². The molecule has 0 fully saturated rings. The van der Waals surface area contributed by atoms with E-state index in [9.17, 15) is 0 Å². The van der Waals surface area contributed by atoms with E-state index in [0.29, 0.717) is 6.54 Å². The summed E-state index contributed by atoms with van der Waals surface area (Å²) in [6, 6.07) is 4.40. The Morgan fingerprint density at radius 1 is 1.46 bits per heavy atom. The molecule has 0 radical (unpaired) electrons. The first-order chi connectivity index (χ1) is 5.77. The summed E-state index contributed by atoms with van der Waals surface area (Å²) in [4.78, 5) is 2.66. The van der Waals surface area contributed by atoms with Gasteiger partial charge in [-0.25, -0.2) is 0 Å². The van der Waals surface area contributed by atoms with Crippen LogP contribution in [0.5, 0.6) is 0 Å². The Morgan fingerprint density at radius 3 is 2.62 bits per heavy atom. The maximum absolute atomic E-state index is 5.90. The molecular formula is C9H17ClN2S. The zero-order valence-corrected chi connectivity index (χ0v) is 9.46. The van der Waals surface area contributed by atoms with E-state index in [1.54, 1.807) is 11.3 Å². The molecule has 2 nitrogen and oxygen atoms in total. The smallest absolute Gasteiger partial charge is 0.0401 e. The molecule has 0 saturated heterocycles. The monoisotopic (exact) mass is 220 g/mol. The summed E-state index contributed by atoms with van der Waals surface area (Å²) in [6.45, 7) is 2.82. The van der Waals surface area contributed by atoms with Crippen molar-refractivity contribution in [2.75, 3.05) is 6.54 Å². The van der Waals surface area contributed by atoms with E-state index in [1.165, 1.54) is 9.75 Å². The lowest BCUT2D eigenvalue weighted by atomic mass is 10.2. The molecular weight excluding hydrogens is 204 g/mol. The van der Waals surface area contributed by atoms with Gasteiger partial charge in [0.2, 0.25) is 0 Å². The van der Waals surface area contributed by atoms with Gasteiger partial charge in [-0.3, -0.25) is 0 Å². The van der Waals surface area contributed by atoms with Crippen molar-refractivity contribution in [3.63, 3.8) is 0 Å². The average molecular weight is 221 g/mol. The van der Waals surface area contributed by atoms with E-state index in [4.69, 9.17) is 11.5 Å². The Kier molecular flexibility index (Phi) is 6.33. The van der Waals surface area contributed by atoms with Crippen LogP contribution < -0.4 is 11.5 Å². The lowest BCUT2D eigenvalue weighted by Gasteiger charge is -2.06. The van der Waals surface area contributed by atoms with Crippen molar-refractivity contribution in [2.45, 2.75) is 25.8 Å². The first-order valence-electron chi connectivity index (χ1n) is 4.32. The van der Waals surface area contributed by atoms with Gasteiger partial charge in [-0.05, 0) is 31.5 Å². The number of aryl methyl sites for hydroxylation is 1. The molecule has 1 aromatic heterocycles. The van der Waals surface area contributed by atoms with Crippen molar-refractivity contribution in [1.82, 2.24) is 0 Å². The van der Waals surface area contributed by atoms with Gasteiger partial charge in [0.05, 0.1) is 0 Å². The van der Waals surface area contributed by atoms with E-state index in [-0.39, 0.29) is 18.4 Å². The Bertz CT molecular complexity index is 237. The van der Waals surface area contributed by atoms with E-state index in [0.717, 1.165) is 12.8 Å². The number of thiophene rings is 1. The van der Waals surface area contributed by atoms with Crippen molar-refractivity contribution >= 4 is 23.7 Å². The van der Waals surface area contributed by atoms with Gasteiger partial charge in [0.25, 0.3) is 0 Å². The third-order valence-corrected chi connectivity index (χ3v) is 3.24. The van der Waals surface area contributed by atoms with Gasteiger partial charge in [0.1, 0.15) is 0 Å². The predicted octanol–water partition coefficient (Wildman–Crippen LogP) is 2.08. The van der Waals surface area contributed by atoms with Crippen LogP contribution in [0.2, 0.25) is 0 Å². The van der Waals surface area contributed by atoms with E-state index in [2.05, 4.69) is 19.1 Å². The summed E-state index contributed by atoms with van der Waals surface area (Å²) in [7, 11) is 0. The van der Waals surface area contributed by atoms with Crippen LogP contribution in [0.1, 0.15) is 29.1 Å². The quantitative estimate of drug-likeness (QED) is 0.817. The van der Waals surface area contributed by atoms with Crippen molar-refractivity contribution < 1.29 is 0 Å². The highest BCUT2D eigenvalue weighted by Crippen LogP contribution is 2.23. The van der Waals surface area contributed by atoms with Crippen LogP contribution in [0, 0.1) is 0 Å². The molecule has 4 heteroatoms. The maximum Gasteiger partial charge on any atom is 0.0401 e. The second-order valence-electron chi connectivity index (χ2n) is 2.84. The molecule has 4 N–H and O–H groups in total. The van der Waals surface area contributed by atoms with Gasteiger partial charge in [-0.2, -0.15) is 0 Å². The highest BCUT2D eigenvalue weighted by atomic mass is 35.5. The number of hydrogen-bond donors (Lipinski definition) is 2. The molecule has 1 aromatic rings. The van der Waals surface area contributed by atoms with Crippen molar-refractivity contribution in [3.05, 3.63) is 21.9 Å². The molecule has 1 heterocycles. The fraction of sp³-hybridized carbons (Fsp3) is 0.556. The van der Waals surface area contributed by atoms with Gasteiger partial charge in [0, 0.05) is 15.8 Å². The molecule has 0 unspecified atom stereocenters. The molecule has 0 spiro atoms. The second kappa shape index (κ2) is 6.38. The summed E-state index contributed by atoms with van der Waals surface area (Å²) >= 11 is 1.80. The number of halogens is 1. The standard InChI is InChI=1S/C9H16N2S.ClH/c1-2-7-3-4-9(12-7)8(11)5-6-10;/h3-4,8H,2,5-6,10-11H2,1H3;1H/t8-;/m1./s1. The topological polar surface area (TPSA) is 52.0 Å². The third-order valence-electron chi connectivity index (χ3n) is 1.87. The molecule has 76 valence electrons. The third kappa shape index (κ3) is 3.65. The predicted molar refractivity (Wildman–Crippen MR) is 61.5 cm³/mol. The van der Waals surface area contributed by atoms with E-state index >= 15 is 0 Å². The molecule has 1 atom stereocenters. The minimum absolute atomic E-state index is 0. The first kappa shape index (κ1) is 12.9. The van der Waals surface area contributed by atoms with Crippen LogP contribution >= 0.6 is 23.7 Å². The molecule has 0 aliphatic heterocycles. The van der Waals surface area contributed by atoms with Gasteiger partial charge >= 0.3 is 0 Å². The van der Waals surface area contributed by atoms with E-state index in [1.807, 2.05) is 0 Å². The zero-order valence-electron chi connectivity index (χ0n) is 7.82. The summed E-state index contributed by atoms with van der Waals surface area (Å²) in [5.41, 5.74) is 11.3. The van der Waals surface area contributed by atoms with Crippen molar-refractivity contribution in [1.29, 1.82) is 0 Å². The molecule has 1 rings (SSSR count). The molecule has 0 bridgehead atoms. The Balaban J connectivity index is 0.00000144. The highest BCUT2D eigenvalue weighted by molar-refractivity contribution is 7.12. The van der Waals surface area contributed by atoms with Gasteiger partial charge in [0.15, 0.2) is 0 Å². The number of hydrogen-bond acceptors (Lipinski definition) is 3. The summed E-state index contributed by atoms with van der Waals surface area (Å²) in [6.07, 6.45) is 1.98. The van der Waals surface area contributed by atoms with Crippen LogP contribution in [0.3, 0.4) is 0 Å². The molecule has 0 aromatic carbocycles. The second-order valence-corrected chi connectivity index (χ2v) is 4.04. The SMILES string of the molecule is CCc1ccc([C@H](N)CCN)s1.Cl. The normalized spacial score (nSPS) is 12.2. The molecule has 0 saturated carbocycles.